The van der Waals surface area contributed by atoms with Crippen molar-refractivity contribution in [3.05, 3.63) is 108 Å². The van der Waals surface area contributed by atoms with Crippen molar-refractivity contribution in [2.75, 3.05) is 0 Å². The molecule has 0 unspecified atom stereocenters. The molecule has 1 N–H and O–H groups in total. The lowest BCUT2D eigenvalue weighted by Crippen LogP contribution is -1.87. The lowest BCUT2D eigenvalue weighted by Gasteiger charge is -2.06. The second kappa shape index (κ2) is 7.96. The quantitative estimate of drug-likeness (QED) is 0.315. The number of furan rings is 1. The van der Waals surface area contributed by atoms with Crippen molar-refractivity contribution in [2.45, 2.75) is 6.92 Å². The van der Waals surface area contributed by atoms with Crippen LogP contribution in [-0.4, -0.2) is 11.3 Å². The third kappa shape index (κ3) is 3.62. The first-order valence-corrected chi connectivity index (χ1v) is 10.2. The van der Waals surface area contributed by atoms with Gasteiger partial charge in [-0.1, -0.05) is 78.4 Å². The number of nitrogens with zero attached hydrogens (tertiary/aromatic N) is 1. The number of fused-ring (bicyclic) bond motifs is 1. The average molecular weight is 403 g/mol. The molecule has 0 saturated carbocycles. The summed E-state index contributed by atoms with van der Waals surface area (Å²) in [6.07, 6.45) is 1.72. The van der Waals surface area contributed by atoms with Gasteiger partial charge in [0, 0.05) is 28.3 Å². The monoisotopic (exact) mass is 403 g/mol. The summed E-state index contributed by atoms with van der Waals surface area (Å²) in [5.74, 6) is 0.943. The van der Waals surface area contributed by atoms with Crippen LogP contribution in [0.3, 0.4) is 0 Å². The van der Waals surface area contributed by atoms with E-state index in [1.54, 1.807) is 12.3 Å². The molecule has 1 aromatic heterocycles. The molecule has 5 rings (SSSR count). The first-order valence-electron chi connectivity index (χ1n) is 10.2. The number of rotatable bonds is 4. The minimum atomic E-state index is 0.168. The summed E-state index contributed by atoms with van der Waals surface area (Å²) in [7, 11) is 0. The van der Waals surface area contributed by atoms with Gasteiger partial charge in [0.05, 0.1) is 5.69 Å². The van der Waals surface area contributed by atoms with Crippen LogP contribution in [-0.2, 0) is 0 Å². The SMILES string of the molecule is Cc1ccc(N=Cc2c(O)ccc3oc(-c4ccccc4)c(-c4ccccc4)c23)cc1. The van der Waals surface area contributed by atoms with Crippen LogP contribution in [0.1, 0.15) is 11.1 Å². The van der Waals surface area contributed by atoms with Crippen LogP contribution in [0.5, 0.6) is 5.75 Å². The van der Waals surface area contributed by atoms with Gasteiger partial charge in [0.1, 0.15) is 17.1 Å². The minimum absolute atomic E-state index is 0.168. The van der Waals surface area contributed by atoms with Crippen LogP contribution in [0.25, 0.3) is 33.4 Å². The van der Waals surface area contributed by atoms with E-state index in [9.17, 15) is 5.11 Å². The molecule has 0 bridgehead atoms. The number of aliphatic imine (C=N–C) groups is 1. The van der Waals surface area contributed by atoms with Gasteiger partial charge in [-0.3, -0.25) is 4.99 Å². The molecular weight excluding hydrogens is 382 g/mol. The van der Waals surface area contributed by atoms with Gasteiger partial charge < -0.3 is 9.52 Å². The molecule has 0 aliphatic rings. The third-order valence-corrected chi connectivity index (χ3v) is 5.35. The number of aryl methyl sites for hydroxylation is 1. The summed E-state index contributed by atoms with van der Waals surface area (Å²) >= 11 is 0. The topological polar surface area (TPSA) is 45.7 Å². The summed E-state index contributed by atoms with van der Waals surface area (Å²) in [4.78, 5) is 4.62. The maximum Gasteiger partial charge on any atom is 0.143 e. The molecule has 0 radical (unpaired) electrons. The number of aromatic hydroxyl groups is 1. The van der Waals surface area contributed by atoms with Crippen LogP contribution in [0.2, 0.25) is 0 Å². The predicted octanol–water partition coefficient (Wildman–Crippen LogP) is 7.53. The molecule has 0 spiro atoms. The Kier molecular flexibility index (Phi) is 4.85. The third-order valence-electron chi connectivity index (χ3n) is 5.35. The van der Waals surface area contributed by atoms with Crippen molar-refractivity contribution in [2.24, 2.45) is 4.99 Å². The molecule has 0 amide bonds. The minimum Gasteiger partial charge on any atom is -0.507 e. The summed E-state index contributed by atoms with van der Waals surface area (Å²) in [6, 6.07) is 31.6. The van der Waals surface area contributed by atoms with E-state index < -0.39 is 0 Å². The molecule has 1 heterocycles. The van der Waals surface area contributed by atoms with Gasteiger partial charge in [0.2, 0.25) is 0 Å². The number of phenolic OH excluding ortho intramolecular Hbond substituents is 1. The molecule has 31 heavy (non-hydrogen) atoms. The van der Waals surface area contributed by atoms with Gasteiger partial charge in [0.25, 0.3) is 0 Å². The molecule has 0 aliphatic heterocycles. The normalized spacial score (nSPS) is 11.4. The Bertz CT molecular complexity index is 1370. The lowest BCUT2D eigenvalue weighted by molar-refractivity contribution is 0.475. The van der Waals surface area contributed by atoms with E-state index in [2.05, 4.69) is 17.1 Å². The number of hydrogen-bond acceptors (Lipinski definition) is 3. The molecule has 5 aromatic rings. The summed E-state index contributed by atoms with van der Waals surface area (Å²) in [6.45, 7) is 2.04. The Labute approximate surface area is 180 Å². The molecule has 150 valence electrons. The Balaban J connectivity index is 1.77. The zero-order valence-corrected chi connectivity index (χ0v) is 17.1. The predicted molar refractivity (Wildman–Crippen MR) is 127 cm³/mol. The zero-order chi connectivity index (χ0) is 21.2. The van der Waals surface area contributed by atoms with E-state index in [4.69, 9.17) is 4.42 Å². The van der Waals surface area contributed by atoms with Crippen LogP contribution >= 0.6 is 0 Å². The Hall–Kier alpha value is -4.11. The largest absolute Gasteiger partial charge is 0.507 e. The molecule has 0 saturated heterocycles. The summed E-state index contributed by atoms with van der Waals surface area (Å²) < 4.78 is 6.33. The van der Waals surface area contributed by atoms with Crippen molar-refractivity contribution in [1.29, 1.82) is 0 Å². The van der Waals surface area contributed by atoms with E-state index in [1.165, 1.54) is 5.56 Å². The van der Waals surface area contributed by atoms with Crippen molar-refractivity contribution in [3.8, 4) is 28.2 Å². The van der Waals surface area contributed by atoms with Crippen molar-refractivity contribution in [1.82, 2.24) is 0 Å². The van der Waals surface area contributed by atoms with E-state index >= 15 is 0 Å². The summed E-state index contributed by atoms with van der Waals surface area (Å²) in [5, 5.41) is 11.6. The lowest BCUT2D eigenvalue weighted by atomic mass is 9.96. The fourth-order valence-electron chi connectivity index (χ4n) is 3.78. The van der Waals surface area contributed by atoms with Crippen molar-refractivity contribution in [3.63, 3.8) is 0 Å². The van der Waals surface area contributed by atoms with E-state index in [1.807, 2.05) is 85.8 Å². The first kappa shape index (κ1) is 18.9. The molecule has 0 atom stereocenters. The van der Waals surface area contributed by atoms with Crippen molar-refractivity contribution >= 4 is 22.9 Å². The summed E-state index contributed by atoms with van der Waals surface area (Å²) in [5.41, 5.74) is 6.31. The molecular formula is C28H21NO2. The highest BCUT2D eigenvalue weighted by Crippen LogP contribution is 2.43. The molecule has 3 nitrogen and oxygen atoms in total. The van der Waals surface area contributed by atoms with Gasteiger partial charge in [-0.25, -0.2) is 0 Å². The first-order chi connectivity index (χ1) is 15.2. The van der Waals surface area contributed by atoms with Crippen molar-refractivity contribution < 1.29 is 9.52 Å². The van der Waals surface area contributed by atoms with Gasteiger partial charge in [-0.15, -0.1) is 0 Å². The number of hydrogen-bond donors (Lipinski definition) is 1. The second-order valence-corrected chi connectivity index (χ2v) is 7.50. The second-order valence-electron chi connectivity index (χ2n) is 7.50. The van der Waals surface area contributed by atoms with Crippen LogP contribution in [0.4, 0.5) is 5.69 Å². The zero-order valence-electron chi connectivity index (χ0n) is 17.1. The molecule has 4 aromatic carbocycles. The Morgan fingerprint density at radius 2 is 1.39 bits per heavy atom. The number of phenols is 1. The van der Waals surface area contributed by atoms with E-state index in [0.29, 0.717) is 11.1 Å². The number of benzene rings is 4. The average Bonchev–Trinajstić information content (AvgIpc) is 3.20. The maximum absolute atomic E-state index is 10.7. The fourth-order valence-corrected chi connectivity index (χ4v) is 3.78. The Morgan fingerprint density at radius 1 is 0.742 bits per heavy atom. The highest BCUT2D eigenvalue weighted by Gasteiger charge is 2.21. The van der Waals surface area contributed by atoms with Gasteiger partial charge in [0.15, 0.2) is 0 Å². The van der Waals surface area contributed by atoms with E-state index in [0.717, 1.165) is 33.5 Å². The van der Waals surface area contributed by atoms with Crippen LogP contribution in [0.15, 0.2) is 106 Å². The fraction of sp³-hybridized carbons (Fsp3) is 0.0357. The molecule has 0 fully saturated rings. The highest BCUT2D eigenvalue weighted by molar-refractivity contribution is 6.12. The maximum atomic E-state index is 10.7. The van der Waals surface area contributed by atoms with E-state index in [-0.39, 0.29) is 5.75 Å². The Morgan fingerprint density at radius 3 is 2.06 bits per heavy atom. The molecule has 3 heteroatoms. The van der Waals surface area contributed by atoms with Crippen LogP contribution in [0, 0.1) is 6.92 Å². The molecule has 0 aliphatic carbocycles. The van der Waals surface area contributed by atoms with Gasteiger partial charge >= 0.3 is 0 Å². The van der Waals surface area contributed by atoms with Crippen LogP contribution < -0.4 is 0 Å². The highest BCUT2D eigenvalue weighted by atomic mass is 16.3. The van der Waals surface area contributed by atoms with Gasteiger partial charge in [-0.2, -0.15) is 0 Å². The van der Waals surface area contributed by atoms with Gasteiger partial charge in [-0.05, 0) is 36.8 Å². The standard InChI is InChI=1S/C28H21NO2/c1-19-12-14-22(15-13-19)29-18-23-24(30)16-17-25-27(23)26(20-8-4-2-5-9-20)28(31-25)21-10-6-3-7-11-21/h2-18,30H,1H3. The smallest absolute Gasteiger partial charge is 0.143 e.